The average molecular weight is 452 g/mol. The fourth-order valence-corrected chi connectivity index (χ4v) is 3.98. The average Bonchev–Trinajstić information content (AvgIpc) is 2.62. The van der Waals surface area contributed by atoms with Crippen molar-refractivity contribution in [1.29, 1.82) is 0 Å². The molecule has 0 unspecified atom stereocenters. The number of hydrogen-bond donors (Lipinski definition) is 1. The van der Waals surface area contributed by atoms with Gasteiger partial charge in [-0.1, -0.05) is 64.3 Å². The maximum absolute atomic E-state index is 12.7. The Morgan fingerprint density at radius 1 is 1.15 bits per heavy atom. The number of aromatic nitrogens is 1. The molecule has 1 heterocycles. The Morgan fingerprint density at radius 3 is 2.50 bits per heavy atom. The highest BCUT2D eigenvalue weighted by Gasteiger charge is 2.17. The van der Waals surface area contributed by atoms with Gasteiger partial charge < -0.3 is 5.32 Å². The molecule has 1 N–H and O–H groups in total. The number of para-hydroxylation sites is 1. The van der Waals surface area contributed by atoms with E-state index in [1.54, 1.807) is 18.2 Å². The number of nitrogens with one attached hydrogen (secondary N) is 1. The number of fused-ring (bicyclic) bond motifs is 1. The molecule has 0 spiro atoms. The van der Waals surface area contributed by atoms with Gasteiger partial charge in [0.1, 0.15) is 0 Å². The lowest BCUT2D eigenvalue weighted by Crippen LogP contribution is -2.14. The van der Waals surface area contributed by atoms with Gasteiger partial charge in [-0.05, 0) is 42.2 Å². The first-order valence-electron chi connectivity index (χ1n) is 8.27. The molecule has 1 amide bonds. The third-order valence-electron chi connectivity index (χ3n) is 4.26. The Morgan fingerprint density at radius 2 is 1.85 bits per heavy atom. The Balaban J connectivity index is 2.06. The van der Waals surface area contributed by atoms with Crippen LogP contribution in [0.5, 0.6) is 0 Å². The number of carbonyl (C=O) groups is 1. The maximum Gasteiger partial charge on any atom is 0.258 e. The Bertz CT molecular complexity index is 955. The van der Waals surface area contributed by atoms with Crippen LogP contribution in [0.4, 0.5) is 5.69 Å². The molecule has 0 saturated carbocycles. The highest BCUT2D eigenvalue weighted by molar-refractivity contribution is 9.09. The number of benzene rings is 2. The molecule has 26 heavy (non-hydrogen) atoms. The molecule has 6 heteroatoms. The molecule has 0 saturated heterocycles. The van der Waals surface area contributed by atoms with Crippen molar-refractivity contribution in [1.82, 2.24) is 4.98 Å². The molecule has 2 aromatic carbocycles. The fraction of sp³-hybridized carbons (Fsp3) is 0.200. The van der Waals surface area contributed by atoms with Crippen LogP contribution in [0.1, 0.15) is 28.4 Å². The smallest absolute Gasteiger partial charge is 0.258 e. The Hall–Kier alpha value is -1.62. The molecule has 0 aliphatic carbocycles. The summed E-state index contributed by atoms with van der Waals surface area (Å²) >= 11 is 15.8. The van der Waals surface area contributed by atoms with Crippen LogP contribution >= 0.6 is 39.1 Å². The monoisotopic (exact) mass is 450 g/mol. The van der Waals surface area contributed by atoms with Crippen LogP contribution in [-0.4, -0.2) is 16.2 Å². The van der Waals surface area contributed by atoms with E-state index in [2.05, 4.69) is 33.2 Å². The number of pyridine rings is 1. The van der Waals surface area contributed by atoms with Gasteiger partial charge in [0.2, 0.25) is 0 Å². The van der Waals surface area contributed by atoms with E-state index >= 15 is 0 Å². The quantitative estimate of drug-likeness (QED) is 0.463. The van der Waals surface area contributed by atoms with Crippen molar-refractivity contribution in [3.05, 3.63) is 69.3 Å². The van der Waals surface area contributed by atoms with E-state index in [1.165, 1.54) is 11.1 Å². The third-order valence-corrected chi connectivity index (χ3v) is 5.29. The third kappa shape index (κ3) is 3.73. The second-order valence-corrected chi connectivity index (χ2v) is 7.41. The molecule has 134 valence electrons. The second kappa shape index (κ2) is 8.38. The van der Waals surface area contributed by atoms with Gasteiger partial charge in [-0.25, -0.2) is 0 Å². The van der Waals surface area contributed by atoms with Crippen LogP contribution in [0.2, 0.25) is 10.0 Å². The summed E-state index contributed by atoms with van der Waals surface area (Å²) in [5, 5.41) is 5.45. The molecule has 0 radical (unpaired) electrons. The van der Waals surface area contributed by atoms with Gasteiger partial charge in [-0.2, -0.15) is 0 Å². The standard InChI is InChI=1S/C20H17BrCl2N2O/c1-2-12-11-24-19-14(13(12)9-10-21)5-3-8-17(19)25-20(26)18-15(22)6-4-7-16(18)23/h3-8,11H,2,9-10H2,1H3,(H,25,26). The molecule has 3 aromatic rings. The van der Waals surface area contributed by atoms with Crippen molar-refractivity contribution in [3.63, 3.8) is 0 Å². The summed E-state index contributed by atoms with van der Waals surface area (Å²) in [6.07, 6.45) is 3.70. The highest BCUT2D eigenvalue weighted by Crippen LogP contribution is 2.30. The number of aryl methyl sites for hydroxylation is 2. The first kappa shape index (κ1) is 19.2. The van der Waals surface area contributed by atoms with Gasteiger partial charge in [0.25, 0.3) is 5.91 Å². The van der Waals surface area contributed by atoms with Gasteiger partial charge in [-0.15, -0.1) is 0 Å². The maximum atomic E-state index is 12.7. The summed E-state index contributed by atoms with van der Waals surface area (Å²) in [5.41, 5.74) is 4.13. The summed E-state index contributed by atoms with van der Waals surface area (Å²) in [6.45, 7) is 2.12. The van der Waals surface area contributed by atoms with E-state index in [1.807, 2.05) is 24.4 Å². The highest BCUT2D eigenvalue weighted by atomic mass is 79.9. The zero-order valence-corrected chi connectivity index (χ0v) is 17.2. The van der Waals surface area contributed by atoms with Crippen LogP contribution in [0.15, 0.2) is 42.6 Å². The zero-order chi connectivity index (χ0) is 18.7. The Labute approximate surface area is 170 Å². The molecule has 3 nitrogen and oxygen atoms in total. The van der Waals surface area contributed by atoms with Crippen LogP contribution in [0, 0.1) is 0 Å². The van der Waals surface area contributed by atoms with E-state index in [9.17, 15) is 4.79 Å². The lowest BCUT2D eigenvalue weighted by Gasteiger charge is -2.14. The number of alkyl halides is 1. The second-order valence-electron chi connectivity index (χ2n) is 5.81. The van der Waals surface area contributed by atoms with Crippen molar-refractivity contribution in [2.75, 3.05) is 10.6 Å². The zero-order valence-electron chi connectivity index (χ0n) is 14.2. The molecule has 0 fully saturated rings. The van der Waals surface area contributed by atoms with Gasteiger partial charge in [0, 0.05) is 16.9 Å². The number of amides is 1. The minimum Gasteiger partial charge on any atom is -0.320 e. The summed E-state index contributed by atoms with van der Waals surface area (Å²) in [6, 6.07) is 10.8. The molecular weight excluding hydrogens is 435 g/mol. The first-order valence-corrected chi connectivity index (χ1v) is 10.1. The number of nitrogens with zero attached hydrogens (tertiary/aromatic N) is 1. The van der Waals surface area contributed by atoms with E-state index in [0.29, 0.717) is 15.7 Å². The lowest BCUT2D eigenvalue weighted by molar-refractivity contribution is 0.102. The van der Waals surface area contributed by atoms with Gasteiger partial charge in [0.05, 0.1) is 26.8 Å². The van der Waals surface area contributed by atoms with Crippen molar-refractivity contribution < 1.29 is 4.79 Å². The molecule has 1 aromatic heterocycles. The summed E-state index contributed by atoms with van der Waals surface area (Å²) in [5.74, 6) is -0.350. The van der Waals surface area contributed by atoms with Gasteiger partial charge in [0.15, 0.2) is 0 Å². The van der Waals surface area contributed by atoms with E-state index < -0.39 is 0 Å². The molecular formula is C20H17BrCl2N2O. The van der Waals surface area contributed by atoms with Crippen LogP contribution in [-0.2, 0) is 12.8 Å². The summed E-state index contributed by atoms with van der Waals surface area (Å²) in [4.78, 5) is 17.3. The predicted molar refractivity (Wildman–Crippen MR) is 113 cm³/mol. The molecule has 0 aliphatic heterocycles. The summed E-state index contributed by atoms with van der Waals surface area (Å²) < 4.78 is 0. The molecule has 0 atom stereocenters. The fourth-order valence-electron chi connectivity index (χ4n) is 3.01. The van der Waals surface area contributed by atoms with E-state index in [4.69, 9.17) is 23.2 Å². The van der Waals surface area contributed by atoms with Gasteiger partial charge in [-0.3, -0.25) is 9.78 Å². The minimum absolute atomic E-state index is 0.263. The number of hydrogen-bond acceptors (Lipinski definition) is 2. The number of anilines is 1. The minimum atomic E-state index is -0.350. The van der Waals surface area contributed by atoms with Crippen LogP contribution in [0.3, 0.4) is 0 Å². The van der Waals surface area contributed by atoms with E-state index in [0.717, 1.165) is 29.1 Å². The topological polar surface area (TPSA) is 42.0 Å². The Kier molecular flexibility index (Phi) is 6.17. The van der Waals surface area contributed by atoms with E-state index in [-0.39, 0.29) is 11.5 Å². The van der Waals surface area contributed by atoms with Crippen LogP contribution < -0.4 is 5.32 Å². The van der Waals surface area contributed by atoms with Crippen molar-refractivity contribution in [3.8, 4) is 0 Å². The SMILES string of the molecule is CCc1cnc2c(NC(=O)c3c(Cl)cccc3Cl)cccc2c1CCBr. The number of halogens is 3. The molecule has 0 bridgehead atoms. The molecule has 3 rings (SSSR count). The van der Waals surface area contributed by atoms with Crippen LogP contribution in [0.25, 0.3) is 10.9 Å². The normalized spacial score (nSPS) is 10.9. The number of rotatable bonds is 5. The predicted octanol–water partition coefficient (Wildman–Crippen LogP) is 6.29. The number of carbonyl (C=O) groups excluding carboxylic acids is 1. The lowest BCUT2D eigenvalue weighted by atomic mass is 9.99. The van der Waals surface area contributed by atoms with Gasteiger partial charge >= 0.3 is 0 Å². The van der Waals surface area contributed by atoms with Crippen molar-refractivity contribution in [2.45, 2.75) is 19.8 Å². The molecule has 0 aliphatic rings. The largest absolute Gasteiger partial charge is 0.320 e. The van der Waals surface area contributed by atoms with Crippen molar-refractivity contribution in [2.24, 2.45) is 0 Å². The first-order chi connectivity index (χ1) is 12.6. The van der Waals surface area contributed by atoms with Crippen molar-refractivity contribution >= 4 is 61.6 Å². The summed E-state index contributed by atoms with van der Waals surface area (Å²) in [7, 11) is 0.